The average molecular weight is 356 g/mol. The molecule has 0 spiro atoms. The molecule has 3 aromatic carbocycles. The number of nitrogens with zero attached hydrogens (tertiary/aromatic N) is 1. The zero-order chi connectivity index (χ0) is 17.8. The predicted octanol–water partition coefficient (Wildman–Crippen LogP) is 6.74. The first kappa shape index (κ1) is 16.9. The van der Waals surface area contributed by atoms with E-state index in [0.717, 1.165) is 24.2 Å². The van der Waals surface area contributed by atoms with Crippen LogP contribution in [0.1, 0.15) is 23.1 Å². The van der Waals surface area contributed by atoms with E-state index in [0.29, 0.717) is 0 Å². The van der Waals surface area contributed by atoms with Crippen molar-refractivity contribution < 1.29 is 0 Å². The molecule has 0 bridgehead atoms. The summed E-state index contributed by atoms with van der Waals surface area (Å²) in [5.41, 5.74) is 7.35. The Balaban J connectivity index is 1.74. The maximum absolute atomic E-state index is 5.03. The highest BCUT2D eigenvalue weighted by Gasteiger charge is 2.19. The Morgan fingerprint density at radius 3 is 2.35 bits per heavy atom. The van der Waals surface area contributed by atoms with Gasteiger partial charge in [-0.15, -0.1) is 0 Å². The monoisotopic (exact) mass is 355 g/mol. The smallest absolute Gasteiger partial charge is 0.0749 e. The van der Waals surface area contributed by atoms with Crippen molar-refractivity contribution in [3.05, 3.63) is 107 Å². The summed E-state index contributed by atoms with van der Waals surface area (Å²) < 4.78 is 0. The first-order chi connectivity index (χ1) is 12.8. The van der Waals surface area contributed by atoms with E-state index in [4.69, 9.17) is 4.99 Å². The summed E-state index contributed by atoms with van der Waals surface area (Å²) >= 11 is 1.78. The summed E-state index contributed by atoms with van der Waals surface area (Å²) in [5.74, 6) is 0. The molecule has 1 aliphatic carbocycles. The Bertz CT molecular complexity index is 953. The molecular weight excluding hydrogens is 334 g/mol. The van der Waals surface area contributed by atoms with Crippen molar-refractivity contribution in [3.63, 3.8) is 0 Å². The maximum atomic E-state index is 5.03. The van der Waals surface area contributed by atoms with Crippen LogP contribution in [-0.2, 0) is 6.42 Å². The van der Waals surface area contributed by atoms with Gasteiger partial charge in [-0.05, 0) is 60.6 Å². The lowest BCUT2D eigenvalue weighted by Crippen LogP contribution is -2.14. The Morgan fingerprint density at radius 1 is 0.808 bits per heavy atom. The van der Waals surface area contributed by atoms with Gasteiger partial charge in [-0.2, -0.15) is 0 Å². The van der Waals surface area contributed by atoms with Crippen LogP contribution in [0.15, 0.2) is 99.7 Å². The van der Waals surface area contributed by atoms with E-state index >= 15 is 0 Å². The fourth-order valence-electron chi connectivity index (χ4n) is 3.16. The fraction of sp³-hybridized carbons (Fsp3) is 0.125. The number of hydrogen-bond donors (Lipinski definition) is 0. The van der Waals surface area contributed by atoms with Gasteiger partial charge in [-0.1, -0.05) is 71.9 Å². The summed E-state index contributed by atoms with van der Waals surface area (Å²) in [6.07, 6.45) is 2.10. The lowest BCUT2D eigenvalue weighted by atomic mass is 9.87. The number of fused-ring (bicyclic) bond motifs is 1. The minimum Gasteiger partial charge on any atom is -0.248 e. The molecule has 2 heteroatoms. The number of rotatable bonds is 3. The number of benzene rings is 3. The van der Waals surface area contributed by atoms with E-state index in [9.17, 15) is 0 Å². The van der Waals surface area contributed by atoms with Crippen molar-refractivity contribution in [1.29, 1.82) is 0 Å². The number of aliphatic imine (C=N–C) groups is 1. The standard InChI is InChI=1S/C24H21NS/c1-18-11-15-21(16-12-18)25-24-20(17-26-22-8-3-2-4-9-22)14-13-19-7-5-6-10-23(19)24/h2-12,15-17H,13-14H2,1H3/b20-17+,25-24?. The minimum atomic E-state index is 1.01. The second-order valence-electron chi connectivity index (χ2n) is 6.53. The van der Waals surface area contributed by atoms with E-state index in [-0.39, 0.29) is 0 Å². The second-order valence-corrected chi connectivity index (χ2v) is 7.47. The van der Waals surface area contributed by atoms with Crippen molar-refractivity contribution in [2.75, 3.05) is 0 Å². The van der Waals surface area contributed by atoms with Crippen LogP contribution in [0.2, 0.25) is 0 Å². The molecule has 0 N–H and O–H groups in total. The quantitative estimate of drug-likeness (QED) is 0.474. The van der Waals surface area contributed by atoms with Crippen LogP contribution in [0, 0.1) is 6.92 Å². The van der Waals surface area contributed by atoms with Crippen LogP contribution in [0.25, 0.3) is 0 Å². The van der Waals surface area contributed by atoms with Gasteiger partial charge in [0.2, 0.25) is 0 Å². The molecule has 0 saturated carbocycles. The van der Waals surface area contributed by atoms with Gasteiger partial charge in [0.15, 0.2) is 0 Å². The average Bonchev–Trinajstić information content (AvgIpc) is 2.70. The fourth-order valence-corrected chi connectivity index (χ4v) is 3.99. The largest absolute Gasteiger partial charge is 0.248 e. The molecule has 3 aromatic rings. The summed E-state index contributed by atoms with van der Waals surface area (Å²) in [4.78, 5) is 6.29. The van der Waals surface area contributed by atoms with Crippen LogP contribution >= 0.6 is 11.8 Å². The molecule has 26 heavy (non-hydrogen) atoms. The van der Waals surface area contributed by atoms with Crippen LogP contribution < -0.4 is 0 Å². The van der Waals surface area contributed by atoms with Gasteiger partial charge in [0.05, 0.1) is 11.4 Å². The number of hydrogen-bond acceptors (Lipinski definition) is 2. The SMILES string of the molecule is Cc1ccc(N=C2/C(=C/Sc3ccccc3)CCc3ccccc32)cc1. The molecule has 0 aliphatic heterocycles. The molecule has 0 saturated heterocycles. The van der Waals surface area contributed by atoms with Gasteiger partial charge in [0.1, 0.15) is 0 Å². The van der Waals surface area contributed by atoms with Gasteiger partial charge in [-0.3, -0.25) is 0 Å². The number of thioether (sulfide) groups is 1. The Kier molecular flexibility index (Phi) is 5.03. The summed E-state index contributed by atoms with van der Waals surface area (Å²) in [7, 11) is 0. The molecule has 0 atom stereocenters. The first-order valence-corrected chi connectivity index (χ1v) is 9.82. The highest BCUT2D eigenvalue weighted by Crippen LogP contribution is 2.31. The van der Waals surface area contributed by atoms with E-state index in [1.165, 1.54) is 27.2 Å². The molecule has 0 heterocycles. The van der Waals surface area contributed by atoms with Crippen LogP contribution in [0.4, 0.5) is 5.69 Å². The molecule has 0 radical (unpaired) electrons. The van der Waals surface area contributed by atoms with Gasteiger partial charge in [-0.25, -0.2) is 4.99 Å². The normalized spacial score (nSPS) is 16.7. The van der Waals surface area contributed by atoms with E-state index in [1.807, 2.05) is 0 Å². The van der Waals surface area contributed by atoms with Crippen LogP contribution in [-0.4, -0.2) is 5.71 Å². The van der Waals surface area contributed by atoms with Crippen molar-refractivity contribution in [3.8, 4) is 0 Å². The molecule has 0 unspecified atom stereocenters. The third-order valence-corrected chi connectivity index (χ3v) is 5.54. The van der Waals surface area contributed by atoms with Crippen molar-refractivity contribution in [1.82, 2.24) is 0 Å². The van der Waals surface area contributed by atoms with Gasteiger partial charge in [0, 0.05) is 10.5 Å². The van der Waals surface area contributed by atoms with Crippen molar-refractivity contribution >= 4 is 23.2 Å². The first-order valence-electron chi connectivity index (χ1n) is 8.94. The molecule has 1 aliphatic rings. The molecule has 4 rings (SSSR count). The van der Waals surface area contributed by atoms with Crippen LogP contribution in [0.5, 0.6) is 0 Å². The summed E-state index contributed by atoms with van der Waals surface area (Å²) in [6, 6.07) is 27.6. The Labute approximate surface area is 159 Å². The maximum Gasteiger partial charge on any atom is 0.0749 e. The van der Waals surface area contributed by atoms with E-state index in [2.05, 4.69) is 91.2 Å². The molecule has 1 nitrogen and oxygen atoms in total. The van der Waals surface area contributed by atoms with Crippen molar-refractivity contribution in [2.45, 2.75) is 24.7 Å². The lowest BCUT2D eigenvalue weighted by molar-refractivity contribution is 0.952. The lowest BCUT2D eigenvalue weighted by Gasteiger charge is -2.21. The van der Waals surface area contributed by atoms with Crippen molar-refractivity contribution in [2.24, 2.45) is 4.99 Å². The predicted molar refractivity (Wildman–Crippen MR) is 113 cm³/mol. The summed E-state index contributed by atoms with van der Waals surface area (Å²) in [5, 5.41) is 2.28. The zero-order valence-electron chi connectivity index (χ0n) is 14.9. The van der Waals surface area contributed by atoms with E-state index < -0.39 is 0 Å². The third kappa shape index (κ3) is 3.81. The van der Waals surface area contributed by atoms with Gasteiger partial charge in [0.25, 0.3) is 0 Å². The molecule has 0 amide bonds. The van der Waals surface area contributed by atoms with Gasteiger partial charge >= 0.3 is 0 Å². The second kappa shape index (κ2) is 7.76. The van der Waals surface area contributed by atoms with E-state index in [1.54, 1.807) is 11.8 Å². The Morgan fingerprint density at radius 2 is 1.54 bits per heavy atom. The molecule has 128 valence electrons. The highest BCUT2D eigenvalue weighted by molar-refractivity contribution is 8.02. The third-order valence-electron chi connectivity index (χ3n) is 4.60. The zero-order valence-corrected chi connectivity index (χ0v) is 15.7. The number of allylic oxidation sites excluding steroid dienone is 1. The van der Waals surface area contributed by atoms with Gasteiger partial charge < -0.3 is 0 Å². The highest BCUT2D eigenvalue weighted by atomic mass is 32.2. The molecule has 0 aromatic heterocycles. The topological polar surface area (TPSA) is 12.4 Å². The molecule has 0 fully saturated rings. The van der Waals surface area contributed by atoms with Crippen LogP contribution in [0.3, 0.4) is 0 Å². The minimum absolute atomic E-state index is 1.01. The molecular formula is C24H21NS. The number of aryl methyl sites for hydroxylation is 2. The Hall–Kier alpha value is -2.58. The summed E-state index contributed by atoms with van der Waals surface area (Å²) in [6.45, 7) is 2.11.